The van der Waals surface area contributed by atoms with Gasteiger partial charge in [0.15, 0.2) is 9.84 Å². The lowest BCUT2D eigenvalue weighted by Gasteiger charge is -2.21. The molecule has 3 N–H and O–H groups in total. The number of carbonyl (C=O) groups is 1. The molecule has 1 fully saturated rings. The Balaban J connectivity index is 2.12. The van der Waals surface area contributed by atoms with Crippen LogP contribution in [-0.4, -0.2) is 25.3 Å². The highest BCUT2D eigenvalue weighted by molar-refractivity contribution is 7.92. The van der Waals surface area contributed by atoms with E-state index in [-0.39, 0.29) is 5.75 Å². The molecular weight excluding hydrogens is 252 g/mol. The van der Waals surface area contributed by atoms with E-state index < -0.39 is 21.0 Å². The zero-order chi connectivity index (χ0) is 13.2. The predicted molar refractivity (Wildman–Crippen MR) is 70.9 cm³/mol. The van der Waals surface area contributed by atoms with Gasteiger partial charge in [0, 0.05) is 11.4 Å². The average Bonchev–Trinajstić information content (AvgIpc) is 2.28. The summed E-state index contributed by atoms with van der Waals surface area (Å²) >= 11 is 0. The number of hydrogen-bond donors (Lipinski definition) is 2. The van der Waals surface area contributed by atoms with Crippen LogP contribution in [-0.2, 0) is 14.6 Å². The first-order valence-electron chi connectivity index (χ1n) is 5.87. The Morgan fingerprint density at radius 2 is 2.11 bits per heavy atom. The maximum Gasteiger partial charge on any atom is 0.242 e. The molecule has 1 saturated heterocycles. The van der Waals surface area contributed by atoms with E-state index in [1.807, 2.05) is 0 Å². The van der Waals surface area contributed by atoms with Gasteiger partial charge in [0.05, 0.1) is 5.75 Å². The summed E-state index contributed by atoms with van der Waals surface area (Å²) in [6.07, 6.45) is 1.81. The minimum absolute atomic E-state index is 0.0992. The van der Waals surface area contributed by atoms with Crippen molar-refractivity contribution in [3.63, 3.8) is 0 Å². The highest BCUT2D eigenvalue weighted by atomic mass is 32.2. The average molecular weight is 268 g/mol. The van der Waals surface area contributed by atoms with Crippen LogP contribution in [0.4, 0.5) is 11.4 Å². The second-order valence-electron chi connectivity index (χ2n) is 4.47. The van der Waals surface area contributed by atoms with Crippen LogP contribution in [0, 0.1) is 0 Å². The van der Waals surface area contributed by atoms with Gasteiger partial charge in [-0.2, -0.15) is 0 Å². The van der Waals surface area contributed by atoms with Gasteiger partial charge in [0.2, 0.25) is 5.91 Å². The van der Waals surface area contributed by atoms with Gasteiger partial charge in [-0.25, -0.2) is 8.42 Å². The molecular formula is C12H16N2O3S. The minimum Gasteiger partial charge on any atom is -0.399 e. The van der Waals surface area contributed by atoms with E-state index in [1.54, 1.807) is 24.3 Å². The van der Waals surface area contributed by atoms with Gasteiger partial charge in [0.1, 0.15) is 5.25 Å². The fourth-order valence-corrected chi connectivity index (χ4v) is 3.89. The van der Waals surface area contributed by atoms with Crippen molar-refractivity contribution in [2.75, 3.05) is 16.8 Å². The predicted octanol–water partition coefficient (Wildman–Crippen LogP) is 1.17. The molecule has 6 heteroatoms. The number of nitrogens with one attached hydrogen (secondary N) is 1. The maximum absolute atomic E-state index is 12.0. The van der Waals surface area contributed by atoms with E-state index in [0.717, 1.165) is 6.42 Å². The Morgan fingerprint density at radius 3 is 2.78 bits per heavy atom. The van der Waals surface area contributed by atoms with E-state index in [9.17, 15) is 13.2 Å². The number of carbonyl (C=O) groups excluding carboxylic acids is 1. The second kappa shape index (κ2) is 4.97. The highest BCUT2D eigenvalue weighted by Crippen LogP contribution is 2.21. The molecule has 1 heterocycles. The molecule has 0 bridgehead atoms. The molecule has 1 aliphatic heterocycles. The van der Waals surface area contributed by atoms with Gasteiger partial charge in [-0.15, -0.1) is 0 Å². The number of amides is 1. The molecule has 1 amide bonds. The summed E-state index contributed by atoms with van der Waals surface area (Å²) in [5, 5.41) is 1.69. The molecule has 1 aliphatic rings. The largest absolute Gasteiger partial charge is 0.399 e. The maximum atomic E-state index is 12.0. The third-order valence-electron chi connectivity index (χ3n) is 3.03. The summed E-state index contributed by atoms with van der Waals surface area (Å²) in [5.74, 6) is -0.359. The van der Waals surface area contributed by atoms with Crippen LogP contribution in [0.25, 0.3) is 0 Å². The standard InChI is InChI=1S/C12H16N2O3S/c13-9-4-3-5-10(8-9)14-12(15)11-6-1-2-7-18(11,16)17/h3-5,8,11H,1-2,6-7,13H2,(H,14,15). The molecule has 0 aliphatic carbocycles. The molecule has 0 aromatic heterocycles. The Hall–Kier alpha value is -1.56. The van der Waals surface area contributed by atoms with Crippen molar-refractivity contribution in [3.05, 3.63) is 24.3 Å². The van der Waals surface area contributed by atoms with Crippen LogP contribution in [0.3, 0.4) is 0 Å². The SMILES string of the molecule is Nc1cccc(NC(=O)C2CCCCS2(=O)=O)c1. The summed E-state index contributed by atoms with van der Waals surface area (Å²) in [4.78, 5) is 12.0. The van der Waals surface area contributed by atoms with Crippen molar-refractivity contribution >= 4 is 27.1 Å². The first-order valence-corrected chi connectivity index (χ1v) is 7.58. The number of nitrogens with two attached hydrogens (primary N) is 1. The molecule has 0 spiro atoms. The van der Waals surface area contributed by atoms with Crippen molar-refractivity contribution in [1.82, 2.24) is 0 Å². The molecule has 1 unspecified atom stereocenters. The van der Waals surface area contributed by atoms with Crippen molar-refractivity contribution in [3.8, 4) is 0 Å². The van der Waals surface area contributed by atoms with Gasteiger partial charge in [-0.05, 0) is 31.0 Å². The van der Waals surface area contributed by atoms with E-state index in [2.05, 4.69) is 5.32 Å². The number of benzene rings is 1. The molecule has 5 nitrogen and oxygen atoms in total. The van der Waals surface area contributed by atoms with Gasteiger partial charge in [-0.3, -0.25) is 4.79 Å². The molecule has 1 atom stereocenters. The quantitative estimate of drug-likeness (QED) is 0.788. The van der Waals surface area contributed by atoms with Crippen LogP contribution in [0.15, 0.2) is 24.3 Å². The smallest absolute Gasteiger partial charge is 0.242 e. The fourth-order valence-electron chi connectivity index (χ4n) is 2.09. The number of anilines is 2. The monoisotopic (exact) mass is 268 g/mol. The van der Waals surface area contributed by atoms with Crippen LogP contribution in [0.1, 0.15) is 19.3 Å². The lowest BCUT2D eigenvalue weighted by Crippen LogP contribution is -2.39. The van der Waals surface area contributed by atoms with E-state index in [0.29, 0.717) is 24.2 Å². The summed E-state index contributed by atoms with van der Waals surface area (Å²) in [6, 6.07) is 6.70. The van der Waals surface area contributed by atoms with Crippen molar-refractivity contribution in [2.24, 2.45) is 0 Å². The zero-order valence-corrected chi connectivity index (χ0v) is 10.7. The molecule has 1 aromatic carbocycles. The number of nitrogen functional groups attached to an aromatic ring is 1. The van der Waals surface area contributed by atoms with E-state index >= 15 is 0 Å². The lowest BCUT2D eigenvalue weighted by atomic mass is 10.2. The summed E-state index contributed by atoms with van der Waals surface area (Å²) in [6.45, 7) is 0. The molecule has 0 radical (unpaired) electrons. The number of rotatable bonds is 2. The molecule has 1 aromatic rings. The van der Waals surface area contributed by atoms with Crippen LogP contribution in [0.5, 0.6) is 0 Å². The third kappa shape index (κ3) is 2.81. The minimum atomic E-state index is -3.30. The summed E-state index contributed by atoms with van der Waals surface area (Å²) < 4.78 is 23.6. The molecule has 2 rings (SSSR count). The lowest BCUT2D eigenvalue weighted by molar-refractivity contribution is -0.116. The highest BCUT2D eigenvalue weighted by Gasteiger charge is 2.34. The van der Waals surface area contributed by atoms with Crippen LogP contribution < -0.4 is 11.1 Å². The Kier molecular flexibility index (Phi) is 3.56. The molecule has 0 saturated carbocycles. The second-order valence-corrected chi connectivity index (χ2v) is 6.77. The summed E-state index contributed by atoms with van der Waals surface area (Å²) in [7, 11) is -3.30. The third-order valence-corrected chi connectivity index (χ3v) is 5.20. The fraction of sp³-hybridized carbons (Fsp3) is 0.417. The number of hydrogen-bond acceptors (Lipinski definition) is 4. The molecule has 18 heavy (non-hydrogen) atoms. The number of sulfone groups is 1. The van der Waals surface area contributed by atoms with Gasteiger partial charge >= 0.3 is 0 Å². The van der Waals surface area contributed by atoms with Crippen molar-refractivity contribution in [1.29, 1.82) is 0 Å². The first kappa shape index (κ1) is 12.9. The van der Waals surface area contributed by atoms with Crippen LogP contribution >= 0.6 is 0 Å². The Bertz CT molecular complexity index is 554. The van der Waals surface area contributed by atoms with Crippen molar-refractivity contribution in [2.45, 2.75) is 24.5 Å². The van der Waals surface area contributed by atoms with Gasteiger partial charge in [-0.1, -0.05) is 12.5 Å². The normalized spacial score (nSPS) is 22.3. The van der Waals surface area contributed by atoms with E-state index in [4.69, 9.17) is 5.73 Å². The van der Waals surface area contributed by atoms with Gasteiger partial charge in [0.25, 0.3) is 0 Å². The Morgan fingerprint density at radius 1 is 1.33 bits per heavy atom. The summed E-state index contributed by atoms with van der Waals surface area (Å²) in [5.41, 5.74) is 6.65. The first-order chi connectivity index (χ1) is 8.49. The van der Waals surface area contributed by atoms with Crippen LogP contribution in [0.2, 0.25) is 0 Å². The zero-order valence-electron chi connectivity index (χ0n) is 9.93. The molecule has 98 valence electrons. The topological polar surface area (TPSA) is 89.3 Å². The Labute approximate surface area is 106 Å². The van der Waals surface area contributed by atoms with E-state index in [1.165, 1.54) is 0 Å². The van der Waals surface area contributed by atoms with Crippen molar-refractivity contribution < 1.29 is 13.2 Å². The van der Waals surface area contributed by atoms with Gasteiger partial charge < -0.3 is 11.1 Å².